The fourth-order valence-corrected chi connectivity index (χ4v) is 6.00. The second-order valence-electron chi connectivity index (χ2n) is 10.8. The number of hydrogen-bond acceptors (Lipinski definition) is 3. The summed E-state index contributed by atoms with van der Waals surface area (Å²) < 4.78 is 6.00. The Balaban J connectivity index is 0.00000182. The molecule has 0 aromatic heterocycles. The van der Waals surface area contributed by atoms with Gasteiger partial charge in [-0.1, -0.05) is 106 Å². The third-order valence-corrected chi connectivity index (χ3v) is 8.12. The Bertz CT molecular complexity index is 1960. The molecule has 226 valence electrons. The van der Waals surface area contributed by atoms with Crippen LogP contribution in [0, 0.1) is 0 Å². The molecule has 0 amide bonds. The number of hydrogen-bond donors (Lipinski definition) is 0. The quantitative estimate of drug-likeness (QED) is 0.272. The lowest BCUT2D eigenvalue weighted by molar-refractivity contribution is 0.475. The zero-order chi connectivity index (χ0) is 32.0. The number of benzene rings is 3. The highest BCUT2D eigenvalue weighted by Gasteiger charge is 2.30. The van der Waals surface area contributed by atoms with Crippen molar-refractivity contribution in [2.24, 2.45) is 0 Å². The van der Waals surface area contributed by atoms with Gasteiger partial charge in [-0.05, 0) is 89.4 Å². The standard InChI is InChI=1S/C41H32N2O.C2H6/c1-4-5-7-17-39-37-28-31(20-21-40(37)43(39)33-13-8-6-9-14-33)32-22-24-42(38-18-12-16-35(38)29(2)26-32)34-23-25-44-41-19-11-10-15-36(41)30(3)27-34;1-2/h4-11,13-28H,1-3,12H2;1-2H3/b7-5-,24-22-,25-23-,32-26+,34-27+,39-17-;. The number of rotatable bonds is 5. The summed E-state index contributed by atoms with van der Waals surface area (Å²) in [4.78, 5) is 4.50. The Hall–Kier alpha value is -5.80. The van der Waals surface area contributed by atoms with Gasteiger partial charge in [0.25, 0.3) is 0 Å². The second-order valence-corrected chi connectivity index (χ2v) is 10.8. The van der Waals surface area contributed by atoms with Crippen molar-refractivity contribution < 1.29 is 4.74 Å². The summed E-state index contributed by atoms with van der Waals surface area (Å²) in [6.07, 6.45) is 25.6. The van der Waals surface area contributed by atoms with E-state index in [0.29, 0.717) is 0 Å². The molecule has 0 saturated heterocycles. The van der Waals surface area contributed by atoms with E-state index in [0.717, 1.165) is 68.4 Å². The van der Waals surface area contributed by atoms with Crippen molar-refractivity contribution in [1.82, 2.24) is 4.90 Å². The molecule has 0 N–H and O–H groups in total. The minimum Gasteiger partial charge on any atom is -0.464 e. The Morgan fingerprint density at radius 3 is 2.43 bits per heavy atom. The van der Waals surface area contributed by atoms with E-state index in [2.05, 4.69) is 115 Å². The van der Waals surface area contributed by atoms with E-state index >= 15 is 0 Å². The normalized spacial score (nSPS) is 21.0. The van der Waals surface area contributed by atoms with Crippen molar-refractivity contribution in [3.63, 3.8) is 0 Å². The third-order valence-electron chi connectivity index (χ3n) is 8.12. The highest BCUT2D eigenvalue weighted by atomic mass is 16.5. The van der Waals surface area contributed by atoms with Crippen LogP contribution in [0.25, 0.3) is 16.8 Å². The smallest absolute Gasteiger partial charge is 0.134 e. The maximum absolute atomic E-state index is 6.00. The molecule has 7 rings (SSSR count). The summed E-state index contributed by atoms with van der Waals surface area (Å²) in [7, 11) is 0. The number of anilines is 2. The topological polar surface area (TPSA) is 15.7 Å². The molecular weight excluding hydrogens is 560 g/mol. The molecule has 3 heterocycles. The molecule has 3 aliphatic heterocycles. The maximum atomic E-state index is 6.00. The zero-order valence-electron chi connectivity index (χ0n) is 26.5. The van der Waals surface area contributed by atoms with Crippen molar-refractivity contribution in [2.75, 3.05) is 4.90 Å². The van der Waals surface area contributed by atoms with Gasteiger partial charge in [0.1, 0.15) is 5.75 Å². The first-order valence-electron chi connectivity index (χ1n) is 15.7. The lowest BCUT2D eigenvalue weighted by Gasteiger charge is -2.39. The predicted molar refractivity (Wildman–Crippen MR) is 196 cm³/mol. The number of fused-ring (bicyclic) bond motifs is 3. The molecule has 0 fully saturated rings. The number of ether oxygens (including phenoxy) is 1. The first kappa shape index (κ1) is 30.2. The Kier molecular flexibility index (Phi) is 8.84. The van der Waals surface area contributed by atoms with Crippen LogP contribution in [-0.2, 0) is 0 Å². The summed E-state index contributed by atoms with van der Waals surface area (Å²) in [5.41, 5.74) is 12.9. The van der Waals surface area contributed by atoms with Crippen molar-refractivity contribution in [2.45, 2.75) is 20.3 Å². The highest BCUT2D eigenvalue weighted by Crippen LogP contribution is 2.49. The largest absolute Gasteiger partial charge is 0.464 e. The molecular formula is C43H38N2O. The van der Waals surface area contributed by atoms with Gasteiger partial charge in [-0.25, -0.2) is 0 Å². The molecule has 3 aromatic rings. The highest BCUT2D eigenvalue weighted by molar-refractivity contribution is 6.04. The van der Waals surface area contributed by atoms with Gasteiger partial charge in [0.05, 0.1) is 17.6 Å². The summed E-state index contributed by atoms with van der Waals surface area (Å²) in [5, 5.41) is 0. The molecule has 3 nitrogen and oxygen atoms in total. The van der Waals surface area contributed by atoms with Crippen molar-refractivity contribution in [1.29, 1.82) is 0 Å². The van der Waals surface area contributed by atoms with Gasteiger partial charge in [-0.2, -0.15) is 0 Å². The van der Waals surface area contributed by atoms with Crippen LogP contribution in [0.4, 0.5) is 11.4 Å². The average molecular weight is 599 g/mol. The Morgan fingerprint density at radius 1 is 0.804 bits per heavy atom. The molecule has 0 radical (unpaired) electrons. The fraction of sp³-hybridized carbons (Fsp3) is 0.0698. The van der Waals surface area contributed by atoms with Crippen LogP contribution in [0.2, 0.25) is 0 Å². The van der Waals surface area contributed by atoms with Gasteiger partial charge in [-0.3, -0.25) is 0 Å². The van der Waals surface area contributed by atoms with Crippen LogP contribution in [0.15, 0.2) is 188 Å². The molecule has 3 aromatic carbocycles. The van der Waals surface area contributed by atoms with E-state index in [1.54, 1.807) is 12.3 Å². The van der Waals surface area contributed by atoms with Gasteiger partial charge < -0.3 is 14.5 Å². The second kappa shape index (κ2) is 13.5. The molecule has 0 spiro atoms. The Labute approximate surface area is 273 Å². The lowest BCUT2D eigenvalue weighted by Crippen LogP contribution is -2.26. The van der Waals surface area contributed by atoms with Crippen LogP contribution in [0.5, 0.6) is 5.75 Å². The molecule has 0 saturated carbocycles. The summed E-state index contributed by atoms with van der Waals surface area (Å²) in [5.74, 6) is 0.798. The molecule has 0 atom stereocenters. The summed E-state index contributed by atoms with van der Waals surface area (Å²) in [6.45, 7) is 16.7. The maximum Gasteiger partial charge on any atom is 0.134 e. The first-order valence-corrected chi connectivity index (χ1v) is 15.7. The van der Waals surface area contributed by atoms with Crippen LogP contribution >= 0.6 is 0 Å². The minimum absolute atomic E-state index is 0.798. The van der Waals surface area contributed by atoms with Crippen molar-refractivity contribution >= 4 is 28.2 Å². The predicted octanol–water partition coefficient (Wildman–Crippen LogP) is 11.4. The van der Waals surface area contributed by atoms with Gasteiger partial charge >= 0.3 is 0 Å². The number of allylic oxidation sites excluding steroid dienone is 13. The average Bonchev–Trinajstić information content (AvgIpc) is 3.56. The molecule has 4 aliphatic rings. The van der Waals surface area contributed by atoms with Gasteiger partial charge in [0.2, 0.25) is 0 Å². The number of para-hydroxylation sites is 2. The number of nitrogens with zero attached hydrogens (tertiary/aromatic N) is 2. The van der Waals surface area contributed by atoms with Gasteiger partial charge in [-0.15, -0.1) is 0 Å². The van der Waals surface area contributed by atoms with Crippen LogP contribution in [0.1, 0.15) is 37.0 Å². The summed E-state index contributed by atoms with van der Waals surface area (Å²) >= 11 is 0. The molecule has 46 heavy (non-hydrogen) atoms. The molecule has 3 heteroatoms. The first-order chi connectivity index (χ1) is 22.6. The van der Waals surface area contributed by atoms with Gasteiger partial charge in [0, 0.05) is 40.0 Å². The monoisotopic (exact) mass is 598 g/mol. The van der Waals surface area contributed by atoms with Crippen molar-refractivity contribution in [3.8, 4) is 5.75 Å². The van der Waals surface area contributed by atoms with Crippen LogP contribution < -0.4 is 9.64 Å². The Morgan fingerprint density at radius 2 is 1.61 bits per heavy atom. The fourth-order valence-electron chi connectivity index (χ4n) is 6.00. The van der Waals surface area contributed by atoms with E-state index in [9.17, 15) is 0 Å². The van der Waals surface area contributed by atoms with Gasteiger partial charge in [0.15, 0.2) is 0 Å². The summed E-state index contributed by atoms with van der Waals surface area (Å²) in [6, 6.07) is 25.1. The third kappa shape index (κ3) is 5.71. The van der Waals surface area contributed by atoms with Crippen LogP contribution in [0.3, 0.4) is 0 Å². The molecule has 1 aliphatic carbocycles. The van der Waals surface area contributed by atoms with E-state index in [1.807, 2.05) is 62.4 Å². The van der Waals surface area contributed by atoms with E-state index in [4.69, 9.17) is 4.74 Å². The van der Waals surface area contributed by atoms with E-state index < -0.39 is 0 Å². The van der Waals surface area contributed by atoms with Crippen molar-refractivity contribution in [3.05, 3.63) is 205 Å². The molecule has 0 bridgehead atoms. The van der Waals surface area contributed by atoms with E-state index in [-0.39, 0.29) is 0 Å². The molecule has 0 unspecified atom stereocenters. The zero-order valence-corrected chi connectivity index (χ0v) is 26.5. The van der Waals surface area contributed by atoms with E-state index in [1.165, 1.54) is 11.3 Å². The van der Waals surface area contributed by atoms with Crippen LogP contribution in [-0.4, -0.2) is 4.90 Å². The lowest BCUT2D eigenvalue weighted by atomic mass is 9.90. The SMILES string of the molecule is C=C/C=C\C=C1\c2cc(C3=C/C(=C)C4=CCC=C4N(C4=C/C(=C)c5ccccc5O/C=C\4)/C=C\3)ccc2N1c1ccccc1.CC. The minimum atomic E-state index is 0.798.